The highest BCUT2D eigenvalue weighted by Gasteiger charge is 2.34. The number of rotatable bonds is 3. The van der Waals surface area contributed by atoms with Crippen LogP contribution in [0.1, 0.15) is 42.5 Å². The summed E-state index contributed by atoms with van der Waals surface area (Å²) in [5, 5.41) is 8.85. The Morgan fingerprint density at radius 1 is 1.32 bits per heavy atom. The van der Waals surface area contributed by atoms with Crippen molar-refractivity contribution in [2.24, 2.45) is 0 Å². The van der Waals surface area contributed by atoms with Gasteiger partial charge in [0, 0.05) is 5.41 Å². The molecule has 3 nitrogen and oxygen atoms in total. The quantitative estimate of drug-likeness (QED) is 0.855. The number of carboxylic acid groups (broad SMARTS) is 1. The van der Waals surface area contributed by atoms with Gasteiger partial charge in [0.2, 0.25) is 0 Å². The number of nitrogens with zero attached hydrogens (tertiary/aromatic N) is 1. The number of halogens is 3. The number of hydrogen-bond donors (Lipinski definition) is 1. The summed E-state index contributed by atoms with van der Waals surface area (Å²) >= 11 is 0. The standard InChI is InChI=1S/C13H14F3NO2/c1-7(2)12(3,4)10-6-8(13(14,15)16)5-9(17-10)11(18)19/h5-6H,1H2,2-4H3,(H,18,19). The third-order valence-electron chi connectivity index (χ3n) is 3.08. The molecule has 0 unspecified atom stereocenters. The van der Waals surface area contributed by atoms with Crippen molar-refractivity contribution in [3.05, 3.63) is 41.2 Å². The number of carbonyl (C=O) groups is 1. The molecule has 0 atom stereocenters. The van der Waals surface area contributed by atoms with E-state index in [9.17, 15) is 18.0 Å². The van der Waals surface area contributed by atoms with Crippen molar-refractivity contribution in [1.29, 1.82) is 0 Å². The van der Waals surface area contributed by atoms with Crippen LogP contribution in [0.3, 0.4) is 0 Å². The van der Waals surface area contributed by atoms with Crippen molar-refractivity contribution in [2.45, 2.75) is 32.4 Å². The van der Waals surface area contributed by atoms with Crippen molar-refractivity contribution in [3.8, 4) is 0 Å². The number of pyridine rings is 1. The molecule has 0 aliphatic heterocycles. The Labute approximate surface area is 108 Å². The zero-order valence-electron chi connectivity index (χ0n) is 10.8. The van der Waals surface area contributed by atoms with E-state index < -0.39 is 28.8 Å². The molecule has 104 valence electrons. The minimum Gasteiger partial charge on any atom is -0.477 e. The van der Waals surface area contributed by atoms with Crippen molar-refractivity contribution >= 4 is 5.97 Å². The van der Waals surface area contributed by atoms with Crippen LogP contribution in [-0.2, 0) is 11.6 Å². The second-order valence-corrected chi connectivity index (χ2v) is 4.83. The Morgan fingerprint density at radius 3 is 2.21 bits per heavy atom. The van der Waals surface area contributed by atoms with Crippen LogP contribution in [0, 0.1) is 0 Å². The van der Waals surface area contributed by atoms with E-state index in [2.05, 4.69) is 11.6 Å². The second kappa shape index (κ2) is 4.68. The molecular formula is C13H14F3NO2. The van der Waals surface area contributed by atoms with Crippen molar-refractivity contribution in [2.75, 3.05) is 0 Å². The normalized spacial score (nSPS) is 12.3. The molecule has 1 heterocycles. The lowest BCUT2D eigenvalue weighted by molar-refractivity contribution is -0.137. The van der Waals surface area contributed by atoms with Gasteiger partial charge in [-0.25, -0.2) is 9.78 Å². The second-order valence-electron chi connectivity index (χ2n) is 4.83. The first-order valence-corrected chi connectivity index (χ1v) is 5.45. The van der Waals surface area contributed by atoms with E-state index >= 15 is 0 Å². The lowest BCUT2D eigenvalue weighted by Crippen LogP contribution is -2.23. The van der Waals surface area contributed by atoms with Crippen LogP contribution < -0.4 is 0 Å². The lowest BCUT2D eigenvalue weighted by Gasteiger charge is -2.25. The van der Waals surface area contributed by atoms with Crippen LogP contribution >= 0.6 is 0 Å². The van der Waals surface area contributed by atoms with Gasteiger partial charge in [-0.2, -0.15) is 13.2 Å². The zero-order valence-corrected chi connectivity index (χ0v) is 10.8. The first-order valence-electron chi connectivity index (χ1n) is 5.45. The molecule has 0 aromatic carbocycles. The van der Waals surface area contributed by atoms with E-state index in [1.807, 2.05) is 0 Å². The van der Waals surface area contributed by atoms with E-state index in [0.717, 1.165) is 6.07 Å². The maximum atomic E-state index is 12.8. The molecule has 0 aliphatic carbocycles. The fourth-order valence-corrected chi connectivity index (χ4v) is 1.34. The maximum absolute atomic E-state index is 12.8. The fraction of sp³-hybridized carbons (Fsp3) is 0.385. The smallest absolute Gasteiger partial charge is 0.416 e. The third-order valence-corrected chi connectivity index (χ3v) is 3.08. The highest BCUT2D eigenvalue weighted by atomic mass is 19.4. The molecule has 1 aromatic heterocycles. The Hall–Kier alpha value is -1.85. The summed E-state index contributed by atoms with van der Waals surface area (Å²) in [5.41, 5.74) is -1.86. The van der Waals surface area contributed by atoms with Crippen LogP contribution in [-0.4, -0.2) is 16.1 Å². The average molecular weight is 273 g/mol. The number of aromatic nitrogens is 1. The van der Waals surface area contributed by atoms with Crippen molar-refractivity contribution in [1.82, 2.24) is 4.98 Å². The van der Waals surface area contributed by atoms with E-state index in [0.29, 0.717) is 11.6 Å². The molecule has 0 saturated heterocycles. The minimum absolute atomic E-state index is 0.0345. The molecular weight excluding hydrogens is 259 g/mol. The molecule has 0 amide bonds. The number of alkyl halides is 3. The van der Waals surface area contributed by atoms with E-state index in [4.69, 9.17) is 5.11 Å². The van der Waals surface area contributed by atoms with Gasteiger partial charge < -0.3 is 5.11 Å². The number of hydrogen-bond acceptors (Lipinski definition) is 2. The molecule has 19 heavy (non-hydrogen) atoms. The van der Waals surface area contributed by atoms with Crippen LogP contribution in [0.15, 0.2) is 24.3 Å². The zero-order chi connectivity index (χ0) is 15.0. The Balaban J connectivity index is 3.54. The van der Waals surface area contributed by atoms with Gasteiger partial charge in [-0.3, -0.25) is 0 Å². The van der Waals surface area contributed by atoms with Crippen molar-refractivity contribution in [3.63, 3.8) is 0 Å². The first-order chi connectivity index (χ1) is 8.46. The van der Waals surface area contributed by atoms with Gasteiger partial charge in [0.15, 0.2) is 0 Å². The summed E-state index contributed by atoms with van der Waals surface area (Å²) in [6.45, 7) is 8.64. The highest BCUT2D eigenvalue weighted by Crippen LogP contribution is 2.35. The molecule has 1 rings (SSSR count). The van der Waals surface area contributed by atoms with Crippen LogP contribution in [0.25, 0.3) is 0 Å². The summed E-state index contributed by atoms with van der Waals surface area (Å²) in [6.07, 6.45) is -4.62. The predicted octanol–water partition coefficient (Wildman–Crippen LogP) is 3.65. The lowest BCUT2D eigenvalue weighted by atomic mass is 9.81. The van der Waals surface area contributed by atoms with E-state index in [1.54, 1.807) is 20.8 Å². The maximum Gasteiger partial charge on any atom is 0.416 e. The first kappa shape index (κ1) is 15.2. The summed E-state index contributed by atoms with van der Waals surface area (Å²) in [6, 6.07) is 1.39. The van der Waals surface area contributed by atoms with Gasteiger partial charge in [-0.15, -0.1) is 0 Å². The summed E-state index contributed by atoms with van der Waals surface area (Å²) in [5.74, 6) is -1.50. The summed E-state index contributed by atoms with van der Waals surface area (Å²) < 4.78 is 38.3. The Bertz CT molecular complexity index is 533. The van der Waals surface area contributed by atoms with Gasteiger partial charge in [-0.05, 0) is 19.1 Å². The summed E-state index contributed by atoms with van der Waals surface area (Å²) in [4.78, 5) is 14.7. The Kier molecular flexibility index (Phi) is 3.74. The topological polar surface area (TPSA) is 50.2 Å². The SMILES string of the molecule is C=C(C)C(C)(C)c1cc(C(F)(F)F)cc(C(=O)O)n1. The molecule has 1 aromatic rings. The average Bonchev–Trinajstić information content (AvgIpc) is 2.26. The third kappa shape index (κ3) is 3.13. The van der Waals surface area contributed by atoms with Crippen LogP contribution in [0.2, 0.25) is 0 Å². The predicted molar refractivity (Wildman–Crippen MR) is 64.0 cm³/mol. The van der Waals surface area contributed by atoms with E-state index in [-0.39, 0.29) is 5.69 Å². The molecule has 0 fully saturated rings. The van der Waals surface area contributed by atoms with E-state index in [1.165, 1.54) is 0 Å². The molecule has 0 spiro atoms. The molecule has 0 saturated carbocycles. The van der Waals surface area contributed by atoms with Gasteiger partial charge in [-0.1, -0.05) is 26.0 Å². The van der Waals surface area contributed by atoms with Gasteiger partial charge in [0.1, 0.15) is 5.69 Å². The monoisotopic (exact) mass is 273 g/mol. The van der Waals surface area contributed by atoms with Crippen LogP contribution in [0.5, 0.6) is 0 Å². The van der Waals surface area contributed by atoms with Crippen LogP contribution in [0.4, 0.5) is 13.2 Å². The Morgan fingerprint density at radius 2 is 1.84 bits per heavy atom. The van der Waals surface area contributed by atoms with Gasteiger partial charge in [0.05, 0.1) is 11.3 Å². The molecule has 0 aliphatic rings. The fourth-order valence-electron chi connectivity index (χ4n) is 1.34. The van der Waals surface area contributed by atoms with Gasteiger partial charge >= 0.3 is 12.1 Å². The number of aromatic carboxylic acids is 1. The molecule has 0 bridgehead atoms. The molecule has 1 N–H and O–H groups in total. The largest absolute Gasteiger partial charge is 0.477 e. The van der Waals surface area contributed by atoms with Gasteiger partial charge in [0.25, 0.3) is 0 Å². The van der Waals surface area contributed by atoms with Crippen molar-refractivity contribution < 1.29 is 23.1 Å². The molecule has 0 radical (unpaired) electrons. The highest BCUT2D eigenvalue weighted by molar-refractivity contribution is 5.85. The number of carboxylic acids is 1. The summed E-state index contributed by atoms with van der Waals surface area (Å²) in [7, 11) is 0. The minimum atomic E-state index is -4.62. The number of allylic oxidation sites excluding steroid dienone is 1. The molecule has 6 heteroatoms.